The fourth-order valence-corrected chi connectivity index (χ4v) is 2.49. The highest BCUT2D eigenvalue weighted by molar-refractivity contribution is 6.13. The van der Waals surface area contributed by atoms with Crippen LogP contribution in [0.3, 0.4) is 0 Å². The summed E-state index contributed by atoms with van der Waals surface area (Å²) in [4.78, 5) is 2.41. The standard InChI is InChI=1S/C9H17ClN2O/c10-12-5-1-8(2-6-12)11-4-3-9(13)7-11/h8-9,13H,1-7H2/t9-/m0/s1. The highest BCUT2D eigenvalue weighted by Crippen LogP contribution is 2.21. The van der Waals surface area contributed by atoms with Crippen molar-refractivity contribution in [1.82, 2.24) is 9.32 Å². The zero-order valence-corrected chi connectivity index (χ0v) is 8.58. The zero-order chi connectivity index (χ0) is 9.26. The van der Waals surface area contributed by atoms with Gasteiger partial charge >= 0.3 is 0 Å². The fourth-order valence-electron chi connectivity index (χ4n) is 2.30. The number of β-amino-alcohol motifs (C(OH)–C–C–N with tert-alkyl or cyclic N) is 1. The monoisotopic (exact) mass is 204 g/mol. The first-order chi connectivity index (χ1) is 6.25. The molecule has 0 aromatic heterocycles. The average molecular weight is 205 g/mol. The van der Waals surface area contributed by atoms with E-state index in [0.29, 0.717) is 6.04 Å². The summed E-state index contributed by atoms with van der Waals surface area (Å²) in [6, 6.07) is 0.659. The van der Waals surface area contributed by atoms with Gasteiger partial charge in [0.15, 0.2) is 0 Å². The van der Waals surface area contributed by atoms with E-state index in [9.17, 15) is 5.11 Å². The van der Waals surface area contributed by atoms with Crippen LogP contribution in [0.5, 0.6) is 0 Å². The van der Waals surface area contributed by atoms with Crippen LogP contribution in [0.4, 0.5) is 0 Å². The molecule has 0 saturated carbocycles. The quantitative estimate of drug-likeness (QED) is 0.637. The summed E-state index contributed by atoms with van der Waals surface area (Å²) in [5.41, 5.74) is 0. The zero-order valence-electron chi connectivity index (χ0n) is 7.82. The largest absolute Gasteiger partial charge is 0.392 e. The van der Waals surface area contributed by atoms with Crippen LogP contribution < -0.4 is 0 Å². The molecule has 0 amide bonds. The molecule has 76 valence electrons. The van der Waals surface area contributed by atoms with Crippen LogP contribution >= 0.6 is 11.8 Å². The Kier molecular flexibility index (Phi) is 3.09. The number of rotatable bonds is 1. The molecule has 0 unspecified atom stereocenters. The van der Waals surface area contributed by atoms with Gasteiger partial charge < -0.3 is 5.11 Å². The second kappa shape index (κ2) is 4.13. The molecule has 0 aliphatic carbocycles. The lowest BCUT2D eigenvalue weighted by Crippen LogP contribution is -2.41. The van der Waals surface area contributed by atoms with Gasteiger partial charge in [-0.3, -0.25) is 4.90 Å². The number of piperidine rings is 1. The van der Waals surface area contributed by atoms with Gasteiger partial charge in [-0.1, -0.05) is 0 Å². The van der Waals surface area contributed by atoms with Gasteiger partial charge in [0.25, 0.3) is 0 Å². The first-order valence-corrected chi connectivity index (χ1v) is 5.42. The molecule has 0 spiro atoms. The lowest BCUT2D eigenvalue weighted by Gasteiger charge is -2.33. The van der Waals surface area contributed by atoms with Gasteiger partial charge in [0.2, 0.25) is 0 Å². The summed E-state index contributed by atoms with van der Waals surface area (Å²) in [6.45, 7) is 3.90. The van der Waals surface area contributed by atoms with Gasteiger partial charge in [0, 0.05) is 32.2 Å². The van der Waals surface area contributed by atoms with Crippen LogP contribution in [0.1, 0.15) is 19.3 Å². The molecular weight excluding hydrogens is 188 g/mol. The van der Waals surface area contributed by atoms with E-state index < -0.39 is 0 Å². The van der Waals surface area contributed by atoms with Crippen LogP contribution in [0.25, 0.3) is 0 Å². The number of hydrogen-bond acceptors (Lipinski definition) is 3. The van der Waals surface area contributed by atoms with Crippen LogP contribution in [0.15, 0.2) is 0 Å². The van der Waals surface area contributed by atoms with E-state index in [2.05, 4.69) is 4.90 Å². The Morgan fingerprint density at radius 2 is 1.77 bits per heavy atom. The highest BCUT2D eigenvalue weighted by Gasteiger charge is 2.29. The third-order valence-electron chi connectivity index (χ3n) is 3.12. The van der Waals surface area contributed by atoms with Crippen molar-refractivity contribution in [2.75, 3.05) is 26.2 Å². The van der Waals surface area contributed by atoms with E-state index in [4.69, 9.17) is 11.8 Å². The first kappa shape index (κ1) is 9.71. The van der Waals surface area contributed by atoms with E-state index in [1.54, 1.807) is 0 Å². The number of likely N-dealkylation sites (tertiary alicyclic amines) is 1. The van der Waals surface area contributed by atoms with Gasteiger partial charge in [0.1, 0.15) is 0 Å². The smallest absolute Gasteiger partial charge is 0.0679 e. The fraction of sp³-hybridized carbons (Fsp3) is 1.00. The average Bonchev–Trinajstić information content (AvgIpc) is 2.53. The molecule has 1 N–H and O–H groups in total. The van der Waals surface area contributed by atoms with Crippen molar-refractivity contribution in [3.05, 3.63) is 0 Å². The SMILES string of the molecule is O[C@H]1CCN(C2CCN(Cl)CC2)C1. The number of aliphatic hydroxyl groups is 1. The summed E-state index contributed by atoms with van der Waals surface area (Å²) in [7, 11) is 0. The summed E-state index contributed by atoms with van der Waals surface area (Å²) >= 11 is 5.88. The molecule has 2 rings (SSSR count). The van der Waals surface area contributed by atoms with Gasteiger partial charge in [-0.2, -0.15) is 0 Å². The van der Waals surface area contributed by atoms with Crippen molar-refractivity contribution in [1.29, 1.82) is 0 Å². The van der Waals surface area contributed by atoms with E-state index in [-0.39, 0.29) is 6.10 Å². The van der Waals surface area contributed by atoms with E-state index in [1.165, 1.54) is 0 Å². The molecule has 2 aliphatic rings. The third kappa shape index (κ3) is 2.34. The second-order valence-corrected chi connectivity index (χ2v) is 4.56. The van der Waals surface area contributed by atoms with Crippen molar-refractivity contribution in [3.8, 4) is 0 Å². The first-order valence-electron chi connectivity index (χ1n) is 5.08. The van der Waals surface area contributed by atoms with Crippen molar-refractivity contribution in [2.24, 2.45) is 0 Å². The molecule has 0 radical (unpaired) electrons. The Hall–Kier alpha value is 0.170. The van der Waals surface area contributed by atoms with Crippen LogP contribution in [0, 0.1) is 0 Å². The van der Waals surface area contributed by atoms with Gasteiger partial charge in [-0.15, -0.1) is 0 Å². The van der Waals surface area contributed by atoms with Crippen molar-refractivity contribution >= 4 is 11.8 Å². The molecule has 2 fully saturated rings. The maximum atomic E-state index is 9.40. The van der Waals surface area contributed by atoms with Crippen LogP contribution in [-0.2, 0) is 0 Å². The molecule has 0 aromatic rings. The predicted molar refractivity (Wildman–Crippen MR) is 52.6 cm³/mol. The number of hydrogen-bond donors (Lipinski definition) is 1. The minimum atomic E-state index is -0.0889. The molecule has 4 heteroatoms. The molecule has 3 nitrogen and oxygen atoms in total. The molecule has 13 heavy (non-hydrogen) atoms. The Morgan fingerprint density at radius 1 is 1.08 bits per heavy atom. The molecule has 0 bridgehead atoms. The van der Waals surface area contributed by atoms with Crippen LogP contribution in [0.2, 0.25) is 0 Å². The second-order valence-electron chi connectivity index (χ2n) is 4.08. The van der Waals surface area contributed by atoms with E-state index in [0.717, 1.165) is 45.4 Å². The lowest BCUT2D eigenvalue weighted by molar-refractivity contribution is 0.133. The maximum absolute atomic E-state index is 9.40. The molecule has 2 aliphatic heterocycles. The minimum Gasteiger partial charge on any atom is -0.392 e. The Bertz CT molecular complexity index is 171. The van der Waals surface area contributed by atoms with E-state index in [1.807, 2.05) is 4.42 Å². The van der Waals surface area contributed by atoms with Gasteiger partial charge in [-0.25, -0.2) is 4.42 Å². The van der Waals surface area contributed by atoms with Crippen molar-refractivity contribution in [3.63, 3.8) is 0 Å². The number of halogens is 1. The van der Waals surface area contributed by atoms with Crippen molar-refractivity contribution in [2.45, 2.75) is 31.4 Å². The Labute approximate surface area is 84.4 Å². The molecule has 0 aromatic carbocycles. The van der Waals surface area contributed by atoms with Crippen LogP contribution in [-0.4, -0.2) is 52.8 Å². The maximum Gasteiger partial charge on any atom is 0.0679 e. The third-order valence-corrected chi connectivity index (χ3v) is 3.46. The number of aliphatic hydroxyl groups excluding tert-OH is 1. The van der Waals surface area contributed by atoms with E-state index >= 15 is 0 Å². The summed E-state index contributed by atoms with van der Waals surface area (Å²) in [5, 5.41) is 9.40. The number of nitrogens with zero attached hydrogens (tertiary/aromatic N) is 2. The molecular formula is C9H17ClN2O. The normalized spacial score (nSPS) is 34.2. The summed E-state index contributed by atoms with van der Waals surface area (Å²) in [5.74, 6) is 0. The molecule has 1 atom stereocenters. The van der Waals surface area contributed by atoms with Crippen molar-refractivity contribution < 1.29 is 5.11 Å². The molecule has 2 heterocycles. The topological polar surface area (TPSA) is 26.7 Å². The summed E-state index contributed by atoms with van der Waals surface area (Å²) in [6.07, 6.45) is 3.15. The summed E-state index contributed by atoms with van der Waals surface area (Å²) < 4.78 is 1.86. The Morgan fingerprint density at radius 3 is 2.31 bits per heavy atom. The Balaban J connectivity index is 1.81. The highest BCUT2D eigenvalue weighted by atomic mass is 35.5. The lowest BCUT2D eigenvalue weighted by atomic mass is 10.1. The van der Waals surface area contributed by atoms with Gasteiger partial charge in [0.05, 0.1) is 6.10 Å². The minimum absolute atomic E-state index is 0.0889. The van der Waals surface area contributed by atoms with Gasteiger partial charge in [-0.05, 0) is 31.0 Å². The molecule has 2 saturated heterocycles. The predicted octanol–water partition coefficient (Wildman–Crippen LogP) is 0.671.